The van der Waals surface area contributed by atoms with Crippen LogP contribution in [0.25, 0.3) is 0 Å². The first-order chi connectivity index (χ1) is 14.5. The van der Waals surface area contributed by atoms with Gasteiger partial charge < -0.3 is 14.2 Å². The van der Waals surface area contributed by atoms with Crippen molar-refractivity contribution in [2.24, 2.45) is 0 Å². The maximum Gasteiger partial charge on any atom is 0.339 e. The third kappa shape index (κ3) is 4.89. The molecule has 3 aromatic rings. The molecule has 6 heteroatoms. The van der Waals surface area contributed by atoms with Crippen LogP contribution >= 0.6 is 15.9 Å². The predicted molar refractivity (Wildman–Crippen MR) is 118 cm³/mol. The molecule has 0 saturated heterocycles. The van der Waals surface area contributed by atoms with E-state index in [1.807, 2.05) is 36.4 Å². The summed E-state index contributed by atoms with van der Waals surface area (Å²) in [6.45, 7) is 0. The Bertz CT molecular complexity index is 1000. The van der Waals surface area contributed by atoms with Crippen LogP contribution in [0, 0.1) is 0 Å². The smallest absolute Gasteiger partial charge is 0.339 e. The second kappa shape index (κ2) is 10.1. The molecule has 30 heavy (non-hydrogen) atoms. The number of carbonyl (C=O) groups is 2. The molecule has 0 spiro atoms. The van der Waals surface area contributed by atoms with Gasteiger partial charge in [-0.1, -0.05) is 76.6 Å². The number of ether oxygens (including phenoxy) is 3. The van der Waals surface area contributed by atoms with E-state index in [1.165, 1.54) is 20.3 Å². The highest BCUT2D eigenvalue weighted by molar-refractivity contribution is 9.09. The van der Waals surface area contributed by atoms with Crippen molar-refractivity contribution in [1.82, 2.24) is 0 Å². The predicted octanol–water partition coefficient (Wildman–Crippen LogP) is 5.25. The number of alkyl halides is 1. The highest BCUT2D eigenvalue weighted by Gasteiger charge is 2.32. The van der Waals surface area contributed by atoms with Gasteiger partial charge in [0.05, 0.1) is 24.6 Å². The van der Waals surface area contributed by atoms with Crippen LogP contribution in [0.2, 0.25) is 0 Å². The lowest BCUT2D eigenvalue weighted by atomic mass is 9.99. The number of halogens is 1. The Labute approximate surface area is 183 Å². The van der Waals surface area contributed by atoms with Crippen LogP contribution in [0.4, 0.5) is 0 Å². The second-order valence-corrected chi connectivity index (χ2v) is 7.42. The van der Waals surface area contributed by atoms with Crippen LogP contribution in [0.15, 0.2) is 78.9 Å². The average molecular weight is 469 g/mol. The van der Waals surface area contributed by atoms with Gasteiger partial charge in [-0.15, -0.1) is 0 Å². The molecule has 0 aromatic heterocycles. The number of benzene rings is 3. The fourth-order valence-electron chi connectivity index (χ4n) is 2.97. The number of hydrogen-bond donors (Lipinski definition) is 0. The molecule has 0 unspecified atom stereocenters. The number of Topliss-reactive ketones (excluding diaryl/α,β-unsaturated/α-hetero) is 1. The zero-order valence-corrected chi connectivity index (χ0v) is 18.2. The summed E-state index contributed by atoms with van der Waals surface area (Å²) in [4.78, 5) is 25.6. The molecule has 0 saturated carbocycles. The van der Waals surface area contributed by atoms with E-state index in [0.717, 1.165) is 5.56 Å². The van der Waals surface area contributed by atoms with Gasteiger partial charge in [-0.2, -0.15) is 0 Å². The Morgan fingerprint density at radius 3 is 1.97 bits per heavy atom. The van der Waals surface area contributed by atoms with Gasteiger partial charge >= 0.3 is 5.97 Å². The van der Waals surface area contributed by atoms with Gasteiger partial charge in [-0.25, -0.2) is 4.79 Å². The maximum atomic E-state index is 13.2. The minimum absolute atomic E-state index is 0.256. The Morgan fingerprint density at radius 2 is 1.37 bits per heavy atom. The van der Waals surface area contributed by atoms with Gasteiger partial charge in [0.15, 0.2) is 17.6 Å². The molecule has 0 fully saturated rings. The fourth-order valence-corrected chi connectivity index (χ4v) is 3.62. The average Bonchev–Trinajstić information content (AvgIpc) is 2.82. The van der Waals surface area contributed by atoms with Crippen LogP contribution in [0.5, 0.6) is 11.5 Å². The number of methoxy groups -OCH3 is 2. The third-order valence-electron chi connectivity index (χ3n) is 4.55. The van der Waals surface area contributed by atoms with E-state index >= 15 is 0 Å². The minimum atomic E-state index is -1.06. The van der Waals surface area contributed by atoms with Crippen LogP contribution in [-0.2, 0) is 4.74 Å². The van der Waals surface area contributed by atoms with E-state index in [1.54, 1.807) is 36.4 Å². The highest BCUT2D eigenvalue weighted by Crippen LogP contribution is 2.32. The first-order valence-corrected chi connectivity index (χ1v) is 10.2. The highest BCUT2D eigenvalue weighted by atomic mass is 79.9. The summed E-state index contributed by atoms with van der Waals surface area (Å²) in [6.07, 6.45) is -1.06. The quantitative estimate of drug-likeness (QED) is 0.256. The number of ketones is 1. The molecule has 0 bridgehead atoms. The molecule has 0 N–H and O–H groups in total. The standard InChI is InChI=1S/C24H21BrO5/c1-28-19-14-13-18(15-20(19)29-2)24(27)30-23(21(25)16-9-5-3-6-10-16)22(26)17-11-7-4-8-12-17/h3-15,21,23H,1-2H3/t21-,23+/m1/s1. The van der Waals surface area contributed by atoms with Gasteiger partial charge in [0.2, 0.25) is 5.78 Å². The number of carbonyl (C=O) groups excluding carboxylic acids is 2. The van der Waals surface area contributed by atoms with E-state index in [2.05, 4.69) is 15.9 Å². The zero-order chi connectivity index (χ0) is 21.5. The number of rotatable bonds is 8. The summed E-state index contributed by atoms with van der Waals surface area (Å²) < 4.78 is 16.2. The van der Waals surface area contributed by atoms with E-state index in [-0.39, 0.29) is 11.3 Å². The molecule has 2 atom stereocenters. The molecule has 0 radical (unpaired) electrons. The van der Waals surface area contributed by atoms with Gasteiger partial charge in [0, 0.05) is 5.56 Å². The zero-order valence-electron chi connectivity index (χ0n) is 16.6. The molecule has 3 aromatic carbocycles. The summed E-state index contributed by atoms with van der Waals surface area (Å²) in [6, 6.07) is 22.8. The molecular formula is C24H21BrO5. The van der Waals surface area contributed by atoms with E-state index < -0.39 is 16.9 Å². The molecule has 0 aliphatic heterocycles. The van der Waals surface area contributed by atoms with Crippen molar-refractivity contribution in [3.63, 3.8) is 0 Å². The third-order valence-corrected chi connectivity index (χ3v) is 5.56. The van der Waals surface area contributed by atoms with Crippen molar-refractivity contribution in [3.8, 4) is 11.5 Å². The molecule has 3 rings (SSSR count). The first-order valence-electron chi connectivity index (χ1n) is 9.26. The van der Waals surface area contributed by atoms with Gasteiger partial charge in [0.25, 0.3) is 0 Å². The summed E-state index contributed by atoms with van der Waals surface area (Å²) >= 11 is 3.56. The monoisotopic (exact) mass is 468 g/mol. The Morgan fingerprint density at radius 1 is 0.767 bits per heavy atom. The summed E-state index contributed by atoms with van der Waals surface area (Å²) in [5.41, 5.74) is 1.54. The summed E-state index contributed by atoms with van der Waals surface area (Å²) in [5.74, 6) is -0.0364. The van der Waals surface area contributed by atoms with Crippen molar-refractivity contribution >= 4 is 27.7 Å². The van der Waals surface area contributed by atoms with Crippen LogP contribution in [0.3, 0.4) is 0 Å². The molecule has 0 aliphatic carbocycles. The lowest BCUT2D eigenvalue weighted by molar-refractivity contribution is 0.0282. The SMILES string of the molecule is COc1ccc(C(=O)O[C@H](C(=O)c2ccccc2)[C@H](Br)c2ccccc2)cc1OC. The minimum Gasteiger partial charge on any atom is -0.493 e. The van der Waals surface area contributed by atoms with Crippen molar-refractivity contribution < 1.29 is 23.8 Å². The van der Waals surface area contributed by atoms with Crippen molar-refractivity contribution in [2.75, 3.05) is 14.2 Å². The summed E-state index contributed by atoms with van der Waals surface area (Å²) in [5, 5.41) is 0. The van der Waals surface area contributed by atoms with Gasteiger partial charge in [-0.3, -0.25) is 4.79 Å². The molecule has 5 nitrogen and oxygen atoms in total. The lowest BCUT2D eigenvalue weighted by Crippen LogP contribution is -2.31. The number of hydrogen-bond acceptors (Lipinski definition) is 5. The molecular weight excluding hydrogens is 448 g/mol. The first kappa shape index (κ1) is 21.6. The van der Waals surface area contributed by atoms with Crippen LogP contribution < -0.4 is 9.47 Å². The van der Waals surface area contributed by atoms with E-state index in [0.29, 0.717) is 17.1 Å². The Hall–Kier alpha value is -3.12. The van der Waals surface area contributed by atoms with E-state index in [9.17, 15) is 9.59 Å². The maximum absolute atomic E-state index is 13.2. The Kier molecular flexibility index (Phi) is 7.25. The molecule has 0 aliphatic rings. The largest absolute Gasteiger partial charge is 0.493 e. The fraction of sp³-hybridized carbons (Fsp3) is 0.167. The van der Waals surface area contributed by atoms with Gasteiger partial charge in [0.1, 0.15) is 0 Å². The molecule has 0 amide bonds. The normalized spacial score (nSPS) is 12.5. The molecule has 0 heterocycles. The van der Waals surface area contributed by atoms with Crippen molar-refractivity contribution in [1.29, 1.82) is 0 Å². The van der Waals surface area contributed by atoms with E-state index in [4.69, 9.17) is 14.2 Å². The van der Waals surface area contributed by atoms with Crippen LogP contribution in [0.1, 0.15) is 31.1 Å². The van der Waals surface area contributed by atoms with Crippen molar-refractivity contribution in [3.05, 3.63) is 95.6 Å². The lowest BCUT2D eigenvalue weighted by Gasteiger charge is -2.22. The van der Waals surface area contributed by atoms with Crippen LogP contribution in [-0.4, -0.2) is 32.1 Å². The van der Waals surface area contributed by atoms with Crippen molar-refractivity contribution in [2.45, 2.75) is 10.9 Å². The number of esters is 1. The second-order valence-electron chi connectivity index (χ2n) is 6.44. The van der Waals surface area contributed by atoms with Gasteiger partial charge in [-0.05, 0) is 23.8 Å². The molecule has 154 valence electrons. The topological polar surface area (TPSA) is 61.8 Å². The summed E-state index contributed by atoms with van der Waals surface area (Å²) in [7, 11) is 3.00. The Balaban J connectivity index is 1.92.